The number of ether oxygens (including phenoxy) is 1. The van der Waals surface area contributed by atoms with Crippen molar-refractivity contribution in [3.63, 3.8) is 0 Å². The third-order valence-electron chi connectivity index (χ3n) is 6.47. The van der Waals surface area contributed by atoms with Gasteiger partial charge in [0.1, 0.15) is 24.6 Å². The molecule has 6 nitrogen and oxygen atoms in total. The zero-order valence-electron chi connectivity index (χ0n) is 17.1. The van der Waals surface area contributed by atoms with E-state index in [0.29, 0.717) is 23.5 Å². The molecule has 2 bridgehead atoms. The van der Waals surface area contributed by atoms with Gasteiger partial charge in [-0.25, -0.2) is 4.98 Å². The molecule has 31 heavy (non-hydrogen) atoms. The van der Waals surface area contributed by atoms with Gasteiger partial charge in [-0.15, -0.1) is 0 Å². The second-order valence-electron chi connectivity index (χ2n) is 8.38. The lowest BCUT2D eigenvalue weighted by Gasteiger charge is -2.22. The lowest BCUT2D eigenvalue weighted by atomic mass is 9.87. The number of aliphatic carboxylic acids is 1. The maximum Gasteiger partial charge on any atom is 0.318 e. The van der Waals surface area contributed by atoms with Gasteiger partial charge in [0.2, 0.25) is 0 Å². The van der Waals surface area contributed by atoms with Gasteiger partial charge in [0, 0.05) is 5.39 Å². The average molecular weight is 416 g/mol. The monoisotopic (exact) mass is 416 g/mol. The van der Waals surface area contributed by atoms with Crippen LogP contribution in [0, 0.1) is 5.92 Å². The minimum atomic E-state index is -1.20. The van der Waals surface area contributed by atoms with Gasteiger partial charge < -0.3 is 20.0 Å². The summed E-state index contributed by atoms with van der Waals surface area (Å²) < 4.78 is 6.09. The maximum atomic E-state index is 11.8. The van der Waals surface area contributed by atoms with Crippen molar-refractivity contribution in [2.75, 3.05) is 5.32 Å². The van der Waals surface area contributed by atoms with Crippen molar-refractivity contribution in [3.05, 3.63) is 65.4 Å². The molecule has 5 rings (SSSR count). The standard InChI is InChI=1S/C25H24N2O4/c28-13-20(25(29)30)18-12-23(22-11-19(18)24(27-22)16-6-1-2-7-16)31-14-17-10-9-15-5-3-4-8-21(15)26-17/h3-5,8-13,16,20,24,27H,1-2,6-7,14H2,(H,29,30)/t20?,24-/m1/s1. The molecule has 0 amide bonds. The molecule has 1 aliphatic heterocycles. The molecule has 1 fully saturated rings. The van der Waals surface area contributed by atoms with Crippen LogP contribution in [0.3, 0.4) is 0 Å². The first-order valence-electron chi connectivity index (χ1n) is 10.7. The van der Waals surface area contributed by atoms with Crippen LogP contribution in [0.15, 0.2) is 48.5 Å². The number of anilines is 1. The fourth-order valence-corrected chi connectivity index (χ4v) is 4.90. The zero-order valence-corrected chi connectivity index (χ0v) is 17.1. The minimum Gasteiger partial charge on any atom is -0.485 e. The van der Waals surface area contributed by atoms with Crippen molar-refractivity contribution in [3.8, 4) is 5.75 Å². The highest BCUT2D eigenvalue weighted by molar-refractivity contribution is 5.94. The van der Waals surface area contributed by atoms with E-state index < -0.39 is 11.9 Å². The highest BCUT2D eigenvalue weighted by atomic mass is 16.5. The van der Waals surface area contributed by atoms with Crippen LogP contribution in [-0.2, 0) is 16.2 Å². The Labute approximate surface area is 180 Å². The number of benzene rings is 2. The molecule has 1 unspecified atom stereocenters. The molecule has 1 aromatic heterocycles. The SMILES string of the molecule is O=CC(C(=O)O)c1cc(OCc2ccc3ccccc3n2)c2cc1[C@@H](C1CCCC1)N2. The average Bonchev–Trinajstić information content (AvgIpc) is 3.43. The molecule has 0 radical (unpaired) electrons. The molecule has 1 saturated carbocycles. The number of para-hydroxylation sites is 1. The number of nitrogens with zero attached hydrogens (tertiary/aromatic N) is 1. The number of aldehydes is 1. The number of pyridine rings is 1. The Balaban J connectivity index is 1.45. The molecule has 6 heteroatoms. The minimum absolute atomic E-state index is 0.0328. The van der Waals surface area contributed by atoms with Crippen molar-refractivity contribution in [2.45, 2.75) is 44.2 Å². The van der Waals surface area contributed by atoms with Crippen molar-refractivity contribution in [1.82, 2.24) is 4.98 Å². The summed E-state index contributed by atoms with van der Waals surface area (Å²) in [7, 11) is 0. The predicted molar refractivity (Wildman–Crippen MR) is 117 cm³/mol. The first kappa shape index (κ1) is 19.5. The van der Waals surface area contributed by atoms with E-state index in [1.54, 1.807) is 6.07 Å². The summed E-state index contributed by atoms with van der Waals surface area (Å²) in [5, 5.41) is 14.2. The first-order chi connectivity index (χ1) is 15.1. The van der Waals surface area contributed by atoms with Gasteiger partial charge in [-0.1, -0.05) is 37.1 Å². The van der Waals surface area contributed by atoms with Crippen LogP contribution in [0.25, 0.3) is 10.9 Å². The molecule has 3 aromatic rings. The second kappa shape index (κ2) is 8.02. The van der Waals surface area contributed by atoms with Gasteiger partial charge in [0.05, 0.1) is 22.9 Å². The largest absolute Gasteiger partial charge is 0.485 e. The summed E-state index contributed by atoms with van der Waals surface area (Å²) >= 11 is 0. The van der Waals surface area contributed by atoms with E-state index in [1.807, 2.05) is 42.5 Å². The number of carbonyl (C=O) groups is 2. The predicted octanol–water partition coefficient (Wildman–Crippen LogP) is 4.84. The maximum absolute atomic E-state index is 11.8. The molecule has 2 aliphatic rings. The van der Waals surface area contributed by atoms with Crippen LogP contribution in [0.5, 0.6) is 5.75 Å². The number of fused-ring (bicyclic) bond motifs is 3. The van der Waals surface area contributed by atoms with Crippen molar-refractivity contribution in [2.24, 2.45) is 5.92 Å². The Morgan fingerprint density at radius 2 is 2.00 bits per heavy atom. The molecule has 2 heterocycles. The van der Waals surface area contributed by atoms with Crippen LogP contribution in [-0.4, -0.2) is 22.3 Å². The number of carboxylic acid groups (broad SMARTS) is 1. The van der Waals surface area contributed by atoms with Crippen LogP contribution in [0.1, 0.15) is 54.5 Å². The summed E-state index contributed by atoms with van der Waals surface area (Å²) in [5.74, 6) is -1.34. The third kappa shape index (κ3) is 3.63. The van der Waals surface area contributed by atoms with Gasteiger partial charge >= 0.3 is 5.97 Å². The number of hydrogen-bond donors (Lipinski definition) is 2. The van der Waals surface area contributed by atoms with E-state index in [0.717, 1.165) is 40.7 Å². The van der Waals surface area contributed by atoms with E-state index >= 15 is 0 Å². The van der Waals surface area contributed by atoms with Crippen molar-refractivity contribution >= 4 is 28.8 Å². The Hall–Kier alpha value is -3.41. The molecule has 2 N–H and O–H groups in total. The highest BCUT2D eigenvalue weighted by Gasteiger charge is 2.36. The molecule has 2 aromatic carbocycles. The highest BCUT2D eigenvalue weighted by Crippen LogP contribution is 2.48. The van der Waals surface area contributed by atoms with E-state index in [-0.39, 0.29) is 12.6 Å². The molecule has 158 valence electrons. The lowest BCUT2D eigenvalue weighted by molar-refractivity contribution is -0.140. The van der Waals surface area contributed by atoms with Crippen molar-refractivity contribution in [1.29, 1.82) is 0 Å². The number of carboxylic acids is 1. The third-order valence-corrected chi connectivity index (χ3v) is 6.47. The molecule has 1 aliphatic carbocycles. The number of rotatable bonds is 7. The number of nitrogens with one attached hydrogen (secondary N) is 1. The molecule has 0 spiro atoms. The van der Waals surface area contributed by atoms with E-state index in [2.05, 4.69) is 10.3 Å². The molecule has 2 atom stereocenters. The lowest BCUT2D eigenvalue weighted by Crippen LogP contribution is -2.19. The van der Waals surface area contributed by atoms with Crippen LogP contribution >= 0.6 is 0 Å². The van der Waals surface area contributed by atoms with Crippen LogP contribution in [0.2, 0.25) is 0 Å². The number of hydrogen-bond acceptors (Lipinski definition) is 5. The van der Waals surface area contributed by atoms with Gasteiger partial charge in [0.15, 0.2) is 0 Å². The molecular formula is C25H24N2O4. The molecular weight excluding hydrogens is 392 g/mol. The summed E-state index contributed by atoms with van der Waals surface area (Å²) in [6, 6.07) is 15.5. The van der Waals surface area contributed by atoms with Gasteiger partial charge in [-0.2, -0.15) is 0 Å². The Morgan fingerprint density at radius 3 is 2.77 bits per heavy atom. The quantitative estimate of drug-likeness (QED) is 0.423. The van der Waals surface area contributed by atoms with Gasteiger partial charge in [-0.05, 0) is 54.2 Å². The second-order valence-corrected chi connectivity index (χ2v) is 8.38. The van der Waals surface area contributed by atoms with E-state index in [4.69, 9.17) is 4.74 Å². The zero-order chi connectivity index (χ0) is 21.4. The van der Waals surface area contributed by atoms with Crippen LogP contribution < -0.4 is 10.1 Å². The number of carbonyl (C=O) groups excluding carboxylic acids is 1. The normalized spacial score (nSPS) is 18.6. The number of aromatic nitrogens is 1. The van der Waals surface area contributed by atoms with Crippen LogP contribution in [0.4, 0.5) is 5.69 Å². The van der Waals surface area contributed by atoms with E-state index in [9.17, 15) is 14.7 Å². The summed E-state index contributed by atoms with van der Waals surface area (Å²) in [4.78, 5) is 28.0. The van der Waals surface area contributed by atoms with Gasteiger partial charge in [0.25, 0.3) is 0 Å². The Kier molecular flexibility index (Phi) is 5.06. The Bertz CT molecular complexity index is 1150. The molecule has 0 saturated heterocycles. The van der Waals surface area contributed by atoms with Gasteiger partial charge in [-0.3, -0.25) is 4.79 Å². The van der Waals surface area contributed by atoms with E-state index in [1.165, 1.54) is 12.8 Å². The topological polar surface area (TPSA) is 88.5 Å². The Morgan fingerprint density at radius 1 is 1.19 bits per heavy atom. The first-order valence-corrected chi connectivity index (χ1v) is 10.7. The fraction of sp³-hybridized carbons (Fsp3) is 0.320. The summed E-state index contributed by atoms with van der Waals surface area (Å²) in [6.45, 7) is 0.255. The summed E-state index contributed by atoms with van der Waals surface area (Å²) in [6.07, 6.45) is 5.08. The summed E-state index contributed by atoms with van der Waals surface area (Å²) in [5.41, 5.74) is 3.97. The smallest absolute Gasteiger partial charge is 0.318 e. The van der Waals surface area contributed by atoms with Crippen molar-refractivity contribution < 1.29 is 19.4 Å². The fourth-order valence-electron chi connectivity index (χ4n) is 4.90.